The summed E-state index contributed by atoms with van der Waals surface area (Å²) in [4.78, 5) is 0.0606. The molecule has 16 heavy (non-hydrogen) atoms. The van der Waals surface area contributed by atoms with E-state index < -0.39 is 10.0 Å². The quantitative estimate of drug-likeness (QED) is 0.776. The molecule has 0 amide bonds. The molecular formula is C9H18N4O2S. The Balaban J connectivity index is 2.95. The molecule has 0 aromatic carbocycles. The number of H-pyrrole nitrogens is 1. The van der Waals surface area contributed by atoms with E-state index in [4.69, 9.17) is 5.73 Å². The van der Waals surface area contributed by atoms with E-state index in [2.05, 4.69) is 10.2 Å². The first-order valence-corrected chi connectivity index (χ1v) is 6.77. The number of nitrogens with one attached hydrogen (secondary N) is 1. The van der Waals surface area contributed by atoms with Crippen LogP contribution in [0.5, 0.6) is 0 Å². The maximum Gasteiger partial charge on any atom is 0.248 e. The van der Waals surface area contributed by atoms with Crippen molar-refractivity contribution in [1.82, 2.24) is 14.5 Å². The lowest BCUT2D eigenvalue weighted by atomic mass is 10.3. The number of nitrogen functional groups attached to an aromatic ring is 1. The molecule has 0 aliphatic rings. The second-order valence-corrected chi connectivity index (χ2v) is 5.40. The number of nitrogens with two attached hydrogens (primary N) is 1. The van der Waals surface area contributed by atoms with Gasteiger partial charge < -0.3 is 5.73 Å². The van der Waals surface area contributed by atoms with Crippen molar-refractivity contribution in [2.24, 2.45) is 0 Å². The van der Waals surface area contributed by atoms with Crippen molar-refractivity contribution in [2.75, 3.05) is 18.8 Å². The van der Waals surface area contributed by atoms with E-state index in [0.29, 0.717) is 13.1 Å². The number of nitrogens with zero attached hydrogens (tertiary/aromatic N) is 2. The first kappa shape index (κ1) is 13.0. The van der Waals surface area contributed by atoms with E-state index in [1.165, 1.54) is 10.5 Å². The molecule has 0 unspecified atom stereocenters. The number of rotatable bonds is 6. The summed E-state index contributed by atoms with van der Waals surface area (Å²) < 4.78 is 25.7. The molecular weight excluding hydrogens is 228 g/mol. The lowest BCUT2D eigenvalue weighted by Crippen LogP contribution is -2.32. The van der Waals surface area contributed by atoms with Crippen LogP contribution in [0.3, 0.4) is 0 Å². The summed E-state index contributed by atoms with van der Waals surface area (Å²) in [6, 6.07) is 0. The Morgan fingerprint density at radius 2 is 2.19 bits per heavy atom. The van der Waals surface area contributed by atoms with Crippen LogP contribution in [0.2, 0.25) is 0 Å². The van der Waals surface area contributed by atoms with Crippen molar-refractivity contribution in [3.8, 4) is 0 Å². The normalized spacial score (nSPS) is 12.2. The predicted molar refractivity (Wildman–Crippen MR) is 62.3 cm³/mol. The van der Waals surface area contributed by atoms with Gasteiger partial charge in [-0.15, -0.1) is 0 Å². The fraction of sp³-hybridized carbons (Fsp3) is 0.667. The van der Waals surface area contributed by atoms with Crippen molar-refractivity contribution < 1.29 is 8.42 Å². The van der Waals surface area contributed by atoms with Gasteiger partial charge in [0.15, 0.2) is 0 Å². The third kappa shape index (κ3) is 2.53. The molecule has 1 heterocycles. The molecule has 0 spiro atoms. The number of aromatic nitrogens is 2. The maximum atomic E-state index is 12.1. The van der Waals surface area contributed by atoms with Crippen LogP contribution < -0.4 is 5.73 Å². The molecule has 0 radical (unpaired) electrons. The van der Waals surface area contributed by atoms with Crippen molar-refractivity contribution in [3.05, 3.63) is 6.20 Å². The fourth-order valence-corrected chi connectivity index (χ4v) is 2.91. The van der Waals surface area contributed by atoms with Crippen molar-refractivity contribution in [1.29, 1.82) is 0 Å². The fourth-order valence-electron chi connectivity index (χ4n) is 1.41. The second kappa shape index (κ2) is 5.31. The zero-order valence-electron chi connectivity index (χ0n) is 9.60. The molecule has 0 aliphatic heterocycles. The lowest BCUT2D eigenvalue weighted by molar-refractivity contribution is 0.419. The van der Waals surface area contributed by atoms with Crippen LogP contribution in [-0.2, 0) is 10.0 Å². The molecule has 0 saturated carbocycles. The van der Waals surface area contributed by atoms with Crippen LogP contribution in [0, 0.1) is 0 Å². The minimum absolute atomic E-state index is 0.0606. The highest BCUT2D eigenvalue weighted by atomic mass is 32.2. The molecule has 92 valence electrons. The third-order valence-corrected chi connectivity index (χ3v) is 4.37. The van der Waals surface area contributed by atoms with Gasteiger partial charge in [0.1, 0.15) is 10.7 Å². The van der Waals surface area contributed by atoms with Crippen molar-refractivity contribution >= 4 is 15.8 Å². The van der Waals surface area contributed by atoms with Gasteiger partial charge in [-0.3, -0.25) is 5.10 Å². The Hall–Kier alpha value is -1.08. The topological polar surface area (TPSA) is 92.1 Å². The van der Waals surface area contributed by atoms with Gasteiger partial charge in [0, 0.05) is 13.1 Å². The molecule has 3 N–H and O–H groups in total. The van der Waals surface area contributed by atoms with Crippen LogP contribution in [0.15, 0.2) is 11.1 Å². The van der Waals surface area contributed by atoms with E-state index in [1.807, 2.05) is 13.8 Å². The van der Waals surface area contributed by atoms with Gasteiger partial charge in [-0.2, -0.15) is 9.40 Å². The van der Waals surface area contributed by atoms with Gasteiger partial charge >= 0.3 is 0 Å². The summed E-state index contributed by atoms with van der Waals surface area (Å²) in [5, 5.41) is 6.06. The molecule has 1 aromatic heterocycles. The van der Waals surface area contributed by atoms with Gasteiger partial charge in [-0.05, 0) is 6.42 Å². The molecule has 1 rings (SSSR count). The van der Waals surface area contributed by atoms with E-state index in [9.17, 15) is 8.42 Å². The van der Waals surface area contributed by atoms with E-state index in [1.54, 1.807) is 0 Å². The van der Waals surface area contributed by atoms with E-state index in [0.717, 1.165) is 12.8 Å². The number of hydrogen-bond acceptors (Lipinski definition) is 4. The van der Waals surface area contributed by atoms with Gasteiger partial charge in [-0.25, -0.2) is 8.42 Å². The summed E-state index contributed by atoms with van der Waals surface area (Å²) in [6.45, 7) is 4.78. The van der Waals surface area contributed by atoms with Gasteiger partial charge in [0.25, 0.3) is 0 Å². The van der Waals surface area contributed by atoms with Gasteiger partial charge in [-0.1, -0.05) is 20.3 Å². The van der Waals surface area contributed by atoms with Crippen molar-refractivity contribution in [3.63, 3.8) is 0 Å². The Labute approximate surface area is 95.9 Å². The molecule has 0 atom stereocenters. The SMILES string of the molecule is CCCCN(CC)S(=O)(=O)c1cn[nH]c1N. The second-order valence-electron chi connectivity index (χ2n) is 3.50. The average molecular weight is 246 g/mol. The zero-order chi connectivity index (χ0) is 12.2. The van der Waals surface area contributed by atoms with Crippen LogP contribution >= 0.6 is 0 Å². The van der Waals surface area contributed by atoms with Gasteiger partial charge in [0.05, 0.1) is 6.20 Å². The first-order chi connectivity index (χ1) is 7.54. The summed E-state index contributed by atoms with van der Waals surface area (Å²) >= 11 is 0. The highest BCUT2D eigenvalue weighted by molar-refractivity contribution is 7.89. The van der Waals surface area contributed by atoms with E-state index in [-0.39, 0.29) is 10.7 Å². The minimum atomic E-state index is -3.50. The van der Waals surface area contributed by atoms with Crippen LogP contribution in [0.25, 0.3) is 0 Å². The third-order valence-electron chi connectivity index (χ3n) is 2.36. The number of hydrogen-bond donors (Lipinski definition) is 2. The Kier molecular flexibility index (Phi) is 4.31. The highest BCUT2D eigenvalue weighted by Gasteiger charge is 2.25. The van der Waals surface area contributed by atoms with Crippen LogP contribution in [0.4, 0.5) is 5.82 Å². The Bertz CT molecular complexity index is 426. The lowest BCUT2D eigenvalue weighted by Gasteiger charge is -2.19. The minimum Gasteiger partial charge on any atom is -0.383 e. The Morgan fingerprint density at radius 1 is 1.50 bits per heavy atom. The largest absolute Gasteiger partial charge is 0.383 e. The summed E-state index contributed by atoms with van der Waals surface area (Å²) in [7, 11) is -3.50. The van der Waals surface area contributed by atoms with Gasteiger partial charge in [0.2, 0.25) is 10.0 Å². The molecule has 0 aliphatic carbocycles. The predicted octanol–water partition coefficient (Wildman–Crippen LogP) is 0.803. The summed E-state index contributed by atoms with van der Waals surface area (Å²) in [5.74, 6) is 0.0925. The molecule has 7 heteroatoms. The molecule has 0 fully saturated rings. The molecule has 6 nitrogen and oxygen atoms in total. The maximum absolute atomic E-state index is 12.1. The van der Waals surface area contributed by atoms with Crippen LogP contribution in [-0.4, -0.2) is 36.0 Å². The van der Waals surface area contributed by atoms with Crippen molar-refractivity contribution in [2.45, 2.75) is 31.6 Å². The highest BCUT2D eigenvalue weighted by Crippen LogP contribution is 2.19. The first-order valence-electron chi connectivity index (χ1n) is 5.33. The smallest absolute Gasteiger partial charge is 0.248 e. The standard InChI is InChI=1S/C9H18N4O2S/c1-3-5-6-13(4-2)16(14,15)8-7-11-12-9(8)10/h7H,3-6H2,1-2H3,(H3,10,11,12). The number of aromatic amines is 1. The number of sulfonamides is 1. The molecule has 0 bridgehead atoms. The Morgan fingerprint density at radius 3 is 2.62 bits per heavy atom. The summed E-state index contributed by atoms with van der Waals surface area (Å²) in [6.07, 6.45) is 3.04. The monoisotopic (exact) mass is 246 g/mol. The zero-order valence-corrected chi connectivity index (χ0v) is 10.4. The molecule has 1 aromatic rings. The number of unbranched alkanes of at least 4 members (excludes halogenated alkanes) is 1. The average Bonchev–Trinajstić information content (AvgIpc) is 2.66. The van der Waals surface area contributed by atoms with E-state index >= 15 is 0 Å². The molecule has 0 saturated heterocycles. The van der Waals surface area contributed by atoms with Crippen LogP contribution in [0.1, 0.15) is 26.7 Å². The number of anilines is 1. The summed E-state index contributed by atoms with van der Waals surface area (Å²) in [5.41, 5.74) is 5.52.